The van der Waals surface area contributed by atoms with Gasteiger partial charge in [-0.25, -0.2) is 0 Å². The fourth-order valence-corrected chi connectivity index (χ4v) is 3.87. The predicted molar refractivity (Wildman–Crippen MR) is 71.0 cm³/mol. The molecular weight excluding hydrogens is 212 g/mol. The summed E-state index contributed by atoms with van der Waals surface area (Å²) in [5, 5.41) is 0. The van der Waals surface area contributed by atoms with E-state index >= 15 is 0 Å². The Kier molecular flexibility index (Phi) is 3.30. The maximum absolute atomic E-state index is 6.18. The van der Waals surface area contributed by atoms with Crippen molar-refractivity contribution in [2.75, 3.05) is 26.2 Å². The average Bonchev–Trinajstić information content (AvgIpc) is 2.52. The van der Waals surface area contributed by atoms with Gasteiger partial charge in [-0.05, 0) is 32.1 Å². The summed E-state index contributed by atoms with van der Waals surface area (Å²) in [7, 11) is 0. The van der Waals surface area contributed by atoms with E-state index in [0.717, 1.165) is 26.2 Å². The largest absolute Gasteiger partial charge is 0.373 e. The highest BCUT2D eigenvalue weighted by Crippen LogP contribution is 2.49. The van der Waals surface area contributed by atoms with E-state index in [1.807, 2.05) is 0 Å². The van der Waals surface area contributed by atoms with Crippen molar-refractivity contribution >= 4 is 0 Å². The molecule has 1 saturated carbocycles. The first kappa shape index (κ1) is 13.3. The normalized spacial score (nSPS) is 37.2. The van der Waals surface area contributed by atoms with E-state index in [4.69, 9.17) is 10.5 Å². The molecule has 1 atom stereocenters. The first-order chi connectivity index (χ1) is 7.83. The zero-order chi connectivity index (χ0) is 12.7. The third-order valence-corrected chi connectivity index (χ3v) is 5.02. The first-order valence-corrected chi connectivity index (χ1v) is 6.92. The molecule has 17 heavy (non-hydrogen) atoms. The molecule has 0 aromatic heterocycles. The van der Waals surface area contributed by atoms with Gasteiger partial charge in [-0.2, -0.15) is 0 Å². The second-order valence-corrected chi connectivity index (χ2v) is 7.00. The molecule has 0 aromatic carbocycles. The molecule has 2 aliphatic rings. The molecule has 3 nitrogen and oxygen atoms in total. The second-order valence-electron chi connectivity index (χ2n) is 7.00. The molecule has 1 unspecified atom stereocenters. The van der Waals surface area contributed by atoms with Crippen molar-refractivity contribution in [2.45, 2.75) is 58.1 Å². The Morgan fingerprint density at radius 3 is 2.35 bits per heavy atom. The van der Waals surface area contributed by atoms with Gasteiger partial charge < -0.3 is 10.5 Å². The third-order valence-electron chi connectivity index (χ3n) is 5.02. The summed E-state index contributed by atoms with van der Waals surface area (Å²) in [6.45, 7) is 12.8. The summed E-state index contributed by atoms with van der Waals surface area (Å²) in [5.74, 6) is 0. The van der Waals surface area contributed by atoms with Crippen LogP contribution in [0.2, 0.25) is 0 Å². The second kappa shape index (κ2) is 4.22. The van der Waals surface area contributed by atoms with Crippen molar-refractivity contribution in [2.24, 2.45) is 11.1 Å². The van der Waals surface area contributed by atoms with Crippen LogP contribution in [0, 0.1) is 5.41 Å². The molecule has 100 valence electrons. The van der Waals surface area contributed by atoms with Gasteiger partial charge in [-0.1, -0.05) is 20.3 Å². The minimum absolute atomic E-state index is 0.0287. The molecule has 2 N–H and O–H groups in total. The minimum Gasteiger partial charge on any atom is -0.373 e. The van der Waals surface area contributed by atoms with E-state index in [9.17, 15) is 0 Å². The molecule has 0 radical (unpaired) electrons. The summed E-state index contributed by atoms with van der Waals surface area (Å²) in [6.07, 6.45) is 3.84. The zero-order valence-corrected chi connectivity index (χ0v) is 11.9. The highest BCUT2D eigenvalue weighted by atomic mass is 16.5. The van der Waals surface area contributed by atoms with Gasteiger partial charge in [0.1, 0.15) is 0 Å². The molecule has 3 heteroatoms. The van der Waals surface area contributed by atoms with E-state index in [2.05, 4.69) is 32.6 Å². The number of nitrogens with two attached hydrogens (primary N) is 1. The number of hydrogen-bond acceptors (Lipinski definition) is 3. The minimum atomic E-state index is -0.0287. The fraction of sp³-hybridized carbons (Fsp3) is 1.00. The van der Waals surface area contributed by atoms with E-state index in [-0.39, 0.29) is 11.1 Å². The Labute approximate surface area is 106 Å². The van der Waals surface area contributed by atoms with Crippen LogP contribution in [0.15, 0.2) is 0 Å². The van der Waals surface area contributed by atoms with Crippen molar-refractivity contribution in [1.29, 1.82) is 0 Å². The highest BCUT2D eigenvalue weighted by molar-refractivity contribution is 5.08. The van der Waals surface area contributed by atoms with Crippen LogP contribution < -0.4 is 5.73 Å². The van der Waals surface area contributed by atoms with Gasteiger partial charge in [0, 0.05) is 25.2 Å². The Morgan fingerprint density at radius 2 is 1.88 bits per heavy atom. The zero-order valence-electron chi connectivity index (χ0n) is 11.9. The van der Waals surface area contributed by atoms with Crippen molar-refractivity contribution in [3.63, 3.8) is 0 Å². The van der Waals surface area contributed by atoms with Crippen LogP contribution in [0.3, 0.4) is 0 Å². The van der Waals surface area contributed by atoms with Crippen molar-refractivity contribution in [3.8, 4) is 0 Å². The molecule has 1 saturated heterocycles. The Morgan fingerprint density at radius 1 is 1.18 bits per heavy atom. The van der Waals surface area contributed by atoms with Crippen LogP contribution in [0.1, 0.15) is 47.0 Å². The first-order valence-electron chi connectivity index (χ1n) is 6.92. The van der Waals surface area contributed by atoms with Gasteiger partial charge in [0.05, 0.1) is 12.2 Å². The van der Waals surface area contributed by atoms with Crippen LogP contribution in [-0.2, 0) is 4.74 Å². The van der Waals surface area contributed by atoms with Gasteiger partial charge in [0.15, 0.2) is 0 Å². The number of rotatable bonds is 2. The van der Waals surface area contributed by atoms with E-state index in [1.54, 1.807) is 0 Å². The molecule has 1 aliphatic carbocycles. The van der Waals surface area contributed by atoms with Crippen molar-refractivity contribution in [3.05, 3.63) is 0 Å². The summed E-state index contributed by atoms with van der Waals surface area (Å²) in [4.78, 5) is 2.61. The van der Waals surface area contributed by atoms with Gasteiger partial charge in [-0.15, -0.1) is 0 Å². The Balaban J connectivity index is 2.24. The smallest absolute Gasteiger partial charge is 0.0753 e. The quantitative estimate of drug-likeness (QED) is 0.802. The standard InChI is InChI=1S/C14H28N2O/c1-12(2)6-5-7-14(12,10-15)16-8-9-17-13(3,4)11-16/h5-11,15H2,1-4H3. The van der Waals surface area contributed by atoms with Gasteiger partial charge in [0.25, 0.3) is 0 Å². The highest BCUT2D eigenvalue weighted by Gasteiger charge is 2.53. The summed E-state index contributed by atoms with van der Waals surface area (Å²) in [6, 6.07) is 0. The summed E-state index contributed by atoms with van der Waals surface area (Å²) in [5.41, 5.74) is 6.67. The Bertz CT molecular complexity index is 288. The maximum Gasteiger partial charge on any atom is 0.0753 e. The lowest BCUT2D eigenvalue weighted by Gasteiger charge is -2.53. The van der Waals surface area contributed by atoms with Crippen LogP contribution >= 0.6 is 0 Å². The lowest BCUT2D eigenvalue weighted by molar-refractivity contribution is -0.132. The molecule has 2 rings (SSSR count). The fourth-order valence-electron chi connectivity index (χ4n) is 3.87. The van der Waals surface area contributed by atoms with Crippen molar-refractivity contribution < 1.29 is 4.74 Å². The molecule has 0 amide bonds. The van der Waals surface area contributed by atoms with Crippen LogP contribution in [-0.4, -0.2) is 42.3 Å². The monoisotopic (exact) mass is 240 g/mol. The maximum atomic E-state index is 6.18. The summed E-state index contributed by atoms with van der Waals surface area (Å²) >= 11 is 0. The van der Waals surface area contributed by atoms with Gasteiger partial charge in [-0.3, -0.25) is 4.90 Å². The SMILES string of the molecule is CC1(C)CN(C2(CN)CCCC2(C)C)CCO1. The lowest BCUT2D eigenvalue weighted by Crippen LogP contribution is -2.65. The third kappa shape index (κ3) is 2.13. The van der Waals surface area contributed by atoms with Crippen LogP contribution in [0.5, 0.6) is 0 Å². The topological polar surface area (TPSA) is 38.5 Å². The van der Waals surface area contributed by atoms with E-state index in [0.29, 0.717) is 5.41 Å². The molecule has 0 aromatic rings. The molecule has 1 aliphatic heterocycles. The summed E-state index contributed by atoms with van der Waals surface area (Å²) < 4.78 is 5.83. The molecule has 0 spiro atoms. The number of morpholine rings is 1. The van der Waals surface area contributed by atoms with Gasteiger partial charge >= 0.3 is 0 Å². The molecule has 1 heterocycles. The molecule has 2 fully saturated rings. The van der Waals surface area contributed by atoms with E-state index in [1.165, 1.54) is 19.3 Å². The predicted octanol–water partition coefficient (Wildman–Crippen LogP) is 2.00. The van der Waals surface area contributed by atoms with Gasteiger partial charge in [0.2, 0.25) is 0 Å². The lowest BCUT2D eigenvalue weighted by atomic mass is 9.73. The molecule has 0 bridgehead atoms. The van der Waals surface area contributed by atoms with E-state index < -0.39 is 0 Å². The van der Waals surface area contributed by atoms with Crippen LogP contribution in [0.4, 0.5) is 0 Å². The number of hydrogen-bond donors (Lipinski definition) is 1. The number of nitrogens with zero attached hydrogens (tertiary/aromatic N) is 1. The molecular formula is C14H28N2O. The Hall–Kier alpha value is -0.120. The number of ether oxygens (including phenoxy) is 1. The van der Waals surface area contributed by atoms with Crippen molar-refractivity contribution in [1.82, 2.24) is 4.90 Å². The van der Waals surface area contributed by atoms with Crippen LogP contribution in [0.25, 0.3) is 0 Å². The average molecular weight is 240 g/mol.